The number of carbonyl (C=O) groups is 2. The van der Waals surface area contributed by atoms with Crippen LogP contribution in [0.5, 0.6) is 0 Å². The topological polar surface area (TPSA) is 154 Å². The summed E-state index contributed by atoms with van der Waals surface area (Å²) in [6.07, 6.45) is -0.661. The number of rotatable bonds is 8. The molecular formula is C14H24N2O9S2. The lowest BCUT2D eigenvalue weighted by molar-refractivity contribution is 0.0448. The molecule has 2 atom stereocenters. The zero-order valence-corrected chi connectivity index (χ0v) is 16.3. The van der Waals surface area contributed by atoms with Crippen LogP contribution in [0.4, 0.5) is 9.59 Å². The van der Waals surface area contributed by atoms with E-state index in [9.17, 15) is 26.4 Å². The van der Waals surface area contributed by atoms with Crippen molar-refractivity contribution in [3.05, 3.63) is 0 Å². The molecule has 2 rings (SSSR count). The number of amides is 2. The first-order valence-electron chi connectivity index (χ1n) is 8.50. The molecule has 2 unspecified atom stereocenters. The van der Waals surface area contributed by atoms with E-state index in [1.165, 1.54) is 0 Å². The molecule has 0 spiro atoms. The summed E-state index contributed by atoms with van der Waals surface area (Å²) in [7, 11) is -6.14. The first-order chi connectivity index (χ1) is 12.7. The normalized spacial score (nSPS) is 25.6. The predicted molar refractivity (Wildman–Crippen MR) is 93.9 cm³/mol. The molecule has 11 nitrogen and oxygen atoms in total. The van der Waals surface area contributed by atoms with Crippen LogP contribution in [0.15, 0.2) is 0 Å². The lowest BCUT2D eigenvalue weighted by Gasteiger charge is -2.12. The van der Waals surface area contributed by atoms with Crippen LogP contribution in [0.1, 0.15) is 12.8 Å². The lowest BCUT2D eigenvalue weighted by atomic mass is 10.3. The summed E-state index contributed by atoms with van der Waals surface area (Å²) in [5.74, 6) is -0.0357. The van der Waals surface area contributed by atoms with Gasteiger partial charge < -0.3 is 24.8 Å². The van der Waals surface area contributed by atoms with E-state index in [1.54, 1.807) is 0 Å². The van der Waals surface area contributed by atoms with E-state index in [0.717, 1.165) is 0 Å². The molecule has 2 amide bonds. The minimum absolute atomic E-state index is 0.0303. The molecule has 0 aromatic carbocycles. The van der Waals surface area contributed by atoms with Crippen LogP contribution in [0, 0.1) is 0 Å². The smallest absolute Gasteiger partial charge is 0.407 e. The molecule has 0 radical (unpaired) electrons. The summed E-state index contributed by atoms with van der Waals surface area (Å²) in [6.45, 7) is 0.110. The van der Waals surface area contributed by atoms with Crippen LogP contribution in [-0.2, 0) is 33.9 Å². The highest BCUT2D eigenvalue weighted by atomic mass is 32.2. The Kier molecular flexibility index (Phi) is 7.68. The van der Waals surface area contributed by atoms with Crippen molar-refractivity contribution in [1.29, 1.82) is 0 Å². The molecule has 2 fully saturated rings. The van der Waals surface area contributed by atoms with Gasteiger partial charge in [-0.25, -0.2) is 26.4 Å². The van der Waals surface area contributed by atoms with Crippen LogP contribution in [0.3, 0.4) is 0 Å². The SMILES string of the molecule is O=C(NC1CCS(=O)(=O)C1)OCCOCCOC(=O)NC1CCS(=O)(=O)C1. The summed E-state index contributed by atoms with van der Waals surface area (Å²) >= 11 is 0. The third kappa shape index (κ3) is 8.30. The van der Waals surface area contributed by atoms with Crippen molar-refractivity contribution in [3.63, 3.8) is 0 Å². The van der Waals surface area contributed by atoms with Gasteiger partial charge >= 0.3 is 12.2 Å². The van der Waals surface area contributed by atoms with Gasteiger partial charge in [-0.15, -0.1) is 0 Å². The second kappa shape index (κ2) is 9.55. The zero-order valence-electron chi connectivity index (χ0n) is 14.7. The number of alkyl carbamates (subject to hydrolysis) is 2. The number of sulfone groups is 2. The van der Waals surface area contributed by atoms with E-state index in [2.05, 4.69) is 10.6 Å². The third-order valence-electron chi connectivity index (χ3n) is 4.03. The van der Waals surface area contributed by atoms with Gasteiger partial charge in [0.1, 0.15) is 13.2 Å². The summed E-state index contributed by atoms with van der Waals surface area (Å²) < 4.78 is 60.0. The summed E-state index contributed by atoms with van der Waals surface area (Å²) in [5, 5.41) is 4.95. The Balaban J connectivity index is 1.44. The van der Waals surface area contributed by atoms with Crippen molar-refractivity contribution < 1.29 is 40.6 Å². The quantitative estimate of drug-likeness (QED) is 0.455. The minimum atomic E-state index is -3.07. The maximum absolute atomic E-state index is 11.5. The summed E-state index contributed by atoms with van der Waals surface area (Å²) in [5.41, 5.74) is 0. The third-order valence-corrected chi connectivity index (χ3v) is 7.57. The number of hydrogen-bond acceptors (Lipinski definition) is 9. The van der Waals surface area contributed by atoms with E-state index >= 15 is 0 Å². The highest BCUT2D eigenvalue weighted by Gasteiger charge is 2.30. The molecule has 27 heavy (non-hydrogen) atoms. The molecule has 2 aliphatic rings. The first-order valence-corrected chi connectivity index (χ1v) is 12.1. The van der Waals surface area contributed by atoms with Gasteiger partial charge in [-0.05, 0) is 12.8 Å². The van der Waals surface area contributed by atoms with Crippen LogP contribution in [0.25, 0.3) is 0 Å². The first kappa shape index (κ1) is 21.7. The molecule has 156 valence electrons. The summed E-state index contributed by atoms with van der Waals surface area (Å²) in [4.78, 5) is 23.0. The van der Waals surface area contributed by atoms with E-state index in [4.69, 9.17) is 14.2 Å². The molecule has 2 aliphatic heterocycles. The fourth-order valence-electron chi connectivity index (χ4n) is 2.72. The average Bonchev–Trinajstić information content (AvgIpc) is 3.07. The number of hydrogen-bond donors (Lipinski definition) is 2. The lowest BCUT2D eigenvalue weighted by Crippen LogP contribution is -2.36. The van der Waals surface area contributed by atoms with Crippen LogP contribution >= 0.6 is 0 Å². The fourth-order valence-corrected chi connectivity index (χ4v) is 6.07. The molecule has 13 heteroatoms. The van der Waals surface area contributed by atoms with E-state index in [1.807, 2.05) is 0 Å². The van der Waals surface area contributed by atoms with Gasteiger partial charge in [0.15, 0.2) is 19.7 Å². The molecular weight excluding hydrogens is 404 g/mol. The van der Waals surface area contributed by atoms with Gasteiger partial charge in [-0.2, -0.15) is 0 Å². The van der Waals surface area contributed by atoms with Crippen molar-refractivity contribution in [2.75, 3.05) is 49.4 Å². The number of ether oxygens (including phenoxy) is 3. The average molecular weight is 428 g/mol. The predicted octanol–water partition coefficient (Wildman–Crippen LogP) is -1.17. The molecule has 2 saturated heterocycles. The van der Waals surface area contributed by atoms with E-state index in [-0.39, 0.29) is 49.4 Å². The van der Waals surface area contributed by atoms with Gasteiger partial charge in [0.25, 0.3) is 0 Å². The highest BCUT2D eigenvalue weighted by Crippen LogP contribution is 2.12. The maximum Gasteiger partial charge on any atom is 0.407 e. The van der Waals surface area contributed by atoms with Gasteiger partial charge in [-0.1, -0.05) is 0 Å². The molecule has 0 aromatic heterocycles. The van der Waals surface area contributed by atoms with Crippen LogP contribution in [0.2, 0.25) is 0 Å². The second-order valence-electron chi connectivity index (χ2n) is 6.37. The number of carbonyl (C=O) groups excluding carboxylic acids is 2. The molecule has 0 bridgehead atoms. The number of nitrogens with one attached hydrogen (secondary N) is 2. The Morgan fingerprint density at radius 2 is 1.15 bits per heavy atom. The largest absolute Gasteiger partial charge is 0.447 e. The Morgan fingerprint density at radius 3 is 1.48 bits per heavy atom. The minimum Gasteiger partial charge on any atom is -0.447 e. The van der Waals surface area contributed by atoms with Crippen molar-refractivity contribution in [1.82, 2.24) is 10.6 Å². The molecule has 0 aromatic rings. The Bertz CT molecular complexity index is 674. The second-order valence-corrected chi connectivity index (χ2v) is 10.8. The summed E-state index contributed by atoms with van der Waals surface area (Å²) in [6, 6.07) is -0.852. The molecule has 2 N–H and O–H groups in total. The Labute approximate surface area is 157 Å². The van der Waals surface area contributed by atoms with Gasteiger partial charge in [0.2, 0.25) is 0 Å². The standard InChI is InChI=1S/C14H24N2O9S2/c17-13(15-11-1-7-26(19,20)9-11)24-5-3-23-4-6-25-14(18)16-12-2-8-27(21,22)10-12/h11-12H,1-10H2,(H,15,17)(H,16,18). The van der Waals surface area contributed by atoms with Crippen molar-refractivity contribution in [2.45, 2.75) is 24.9 Å². The monoisotopic (exact) mass is 428 g/mol. The van der Waals surface area contributed by atoms with Gasteiger partial charge in [-0.3, -0.25) is 0 Å². The molecule has 0 aliphatic carbocycles. The van der Waals surface area contributed by atoms with E-state index < -0.39 is 43.9 Å². The maximum atomic E-state index is 11.5. The fraction of sp³-hybridized carbons (Fsp3) is 0.857. The van der Waals surface area contributed by atoms with Crippen molar-refractivity contribution >= 4 is 31.9 Å². The van der Waals surface area contributed by atoms with E-state index in [0.29, 0.717) is 12.8 Å². The molecule has 2 heterocycles. The Morgan fingerprint density at radius 1 is 0.741 bits per heavy atom. The Hall–Kier alpha value is -1.60. The van der Waals surface area contributed by atoms with Crippen molar-refractivity contribution in [3.8, 4) is 0 Å². The van der Waals surface area contributed by atoms with Crippen LogP contribution in [-0.4, -0.2) is 90.5 Å². The highest BCUT2D eigenvalue weighted by molar-refractivity contribution is 7.91. The van der Waals surface area contributed by atoms with Crippen molar-refractivity contribution in [2.24, 2.45) is 0 Å². The van der Waals surface area contributed by atoms with Gasteiger partial charge in [0, 0.05) is 12.1 Å². The molecule has 0 saturated carbocycles. The zero-order chi connectivity index (χ0) is 19.9. The van der Waals surface area contributed by atoms with Crippen LogP contribution < -0.4 is 10.6 Å². The van der Waals surface area contributed by atoms with Gasteiger partial charge in [0.05, 0.1) is 36.2 Å².